The Morgan fingerprint density at radius 3 is 2.55 bits per heavy atom. The van der Waals surface area contributed by atoms with E-state index in [1.54, 1.807) is 6.92 Å². The molecule has 0 aromatic carbocycles. The number of nitrogens with one attached hydrogen (secondary N) is 1. The highest BCUT2D eigenvalue weighted by atomic mass is 32.1. The fourth-order valence-electron chi connectivity index (χ4n) is 0.836. The Morgan fingerprint density at radius 1 is 1.45 bits per heavy atom. The normalized spacial score (nSPS) is 10.5. The second-order valence-corrected chi connectivity index (χ2v) is 2.70. The van der Waals surface area contributed by atoms with Gasteiger partial charge in [0.2, 0.25) is 0 Å². The number of aromatic nitrogens is 1. The molecule has 0 unspecified atom stereocenters. The zero-order valence-electron chi connectivity index (χ0n) is 5.90. The van der Waals surface area contributed by atoms with Crippen LogP contribution in [0.4, 0.5) is 8.78 Å². The number of pyridine rings is 1. The summed E-state index contributed by atoms with van der Waals surface area (Å²) >= 11 is 4.72. The van der Waals surface area contributed by atoms with Gasteiger partial charge >= 0.3 is 0 Å². The Hall–Kier alpha value is -0.770. The molecule has 0 spiro atoms. The molecular formula is C7H7F2NS. The summed E-state index contributed by atoms with van der Waals surface area (Å²) in [5, 5.41) is 0. The Bertz CT molecular complexity index is 306. The van der Waals surface area contributed by atoms with Gasteiger partial charge in [-0.25, -0.2) is 8.78 Å². The molecule has 1 aromatic rings. The van der Waals surface area contributed by atoms with Crippen LogP contribution in [0.2, 0.25) is 0 Å². The first-order chi connectivity index (χ1) is 5.09. The van der Waals surface area contributed by atoms with Crippen molar-refractivity contribution < 1.29 is 8.78 Å². The standard InChI is InChI=1S/C7H7F2NS/c1-4-2-5(7(8)9)3-6(11)10-4/h2-3,7H,1H3,(H,10,11). The Balaban J connectivity index is 3.19. The molecule has 1 heterocycles. The first-order valence-corrected chi connectivity index (χ1v) is 3.49. The Labute approximate surface area is 68.1 Å². The lowest BCUT2D eigenvalue weighted by Crippen LogP contribution is -1.88. The Morgan fingerprint density at radius 2 is 2.09 bits per heavy atom. The van der Waals surface area contributed by atoms with Gasteiger partial charge in [0.1, 0.15) is 4.64 Å². The van der Waals surface area contributed by atoms with Crippen LogP contribution < -0.4 is 0 Å². The molecule has 0 radical (unpaired) electrons. The van der Waals surface area contributed by atoms with Crippen molar-refractivity contribution in [2.45, 2.75) is 13.3 Å². The number of aryl methyl sites for hydroxylation is 1. The molecular weight excluding hydrogens is 168 g/mol. The van der Waals surface area contributed by atoms with Crippen LogP contribution in [0.5, 0.6) is 0 Å². The molecule has 0 atom stereocenters. The number of halogens is 2. The van der Waals surface area contributed by atoms with Crippen LogP contribution >= 0.6 is 12.2 Å². The molecule has 0 fully saturated rings. The molecule has 4 heteroatoms. The minimum atomic E-state index is -2.44. The molecule has 11 heavy (non-hydrogen) atoms. The molecule has 1 aromatic heterocycles. The average molecular weight is 175 g/mol. The van der Waals surface area contributed by atoms with E-state index >= 15 is 0 Å². The largest absolute Gasteiger partial charge is 0.350 e. The van der Waals surface area contributed by atoms with Gasteiger partial charge in [0, 0.05) is 11.3 Å². The minimum Gasteiger partial charge on any atom is -0.350 e. The molecule has 1 rings (SSSR count). The average Bonchev–Trinajstić information content (AvgIpc) is 1.85. The highest BCUT2D eigenvalue weighted by Gasteiger charge is 2.06. The van der Waals surface area contributed by atoms with Crippen molar-refractivity contribution in [1.82, 2.24) is 4.98 Å². The van der Waals surface area contributed by atoms with Crippen molar-refractivity contribution in [2.24, 2.45) is 0 Å². The van der Waals surface area contributed by atoms with Crippen LogP contribution in [0, 0.1) is 11.6 Å². The third-order valence-electron chi connectivity index (χ3n) is 1.25. The summed E-state index contributed by atoms with van der Waals surface area (Å²) in [5.41, 5.74) is 0.638. The zero-order valence-corrected chi connectivity index (χ0v) is 6.71. The van der Waals surface area contributed by atoms with Crippen molar-refractivity contribution in [1.29, 1.82) is 0 Å². The van der Waals surface area contributed by atoms with Gasteiger partial charge in [-0.3, -0.25) is 0 Å². The first kappa shape index (κ1) is 8.33. The Kier molecular flexibility index (Phi) is 2.34. The van der Waals surface area contributed by atoms with Gasteiger partial charge in [0.15, 0.2) is 0 Å². The molecule has 0 aliphatic heterocycles. The van der Waals surface area contributed by atoms with E-state index < -0.39 is 6.43 Å². The van der Waals surface area contributed by atoms with E-state index in [0.717, 1.165) is 0 Å². The lowest BCUT2D eigenvalue weighted by Gasteiger charge is -1.99. The molecule has 0 aliphatic rings. The summed E-state index contributed by atoms with van der Waals surface area (Å²) in [5.74, 6) is 0. The van der Waals surface area contributed by atoms with Crippen molar-refractivity contribution in [3.05, 3.63) is 28.0 Å². The summed E-state index contributed by atoms with van der Waals surface area (Å²) in [7, 11) is 0. The van der Waals surface area contributed by atoms with Gasteiger partial charge in [-0.15, -0.1) is 0 Å². The highest BCUT2D eigenvalue weighted by Crippen LogP contribution is 2.18. The third kappa shape index (κ3) is 2.08. The van der Waals surface area contributed by atoms with Gasteiger partial charge in [-0.2, -0.15) is 0 Å². The van der Waals surface area contributed by atoms with Gasteiger partial charge in [-0.05, 0) is 19.1 Å². The summed E-state index contributed by atoms with van der Waals surface area (Å²) in [4.78, 5) is 2.75. The molecule has 60 valence electrons. The van der Waals surface area contributed by atoms with Gasteiger partial charge in [0.25, 0.3) is 6.43 Å². The first-order valence-electron chi connectivity index (χ1n) is 3.08. The fraction of sp³-hybridized carbons (Fsp3) is 0.286. The molecule has 1 N–H and O–H groups in total. The maximum Gasteiger partial charge on any atom is 0.264 e. The van der Waals surface area contributed by atoms with Gasteiger partial charge in [0.05, 0.1) is 0 Å². The monoisotopic (exact) mass is 175 g/mol. The smallest absolute Gasteiger partial charge is 0.264 e. The predicted octanol–water partition coefficient (Wildman–Crippen LogP) is 2.99. The van der Waals surface area contributed by atoms with Crippen LogP contribution in [-0.2, 0) is 0 Å². The van der Waals surface area contributed by atoms with Gasteiger partial charge in [-0.1, -0.05) is 12.2 Å². The molecule has 0 saturated heterocycles. The molecule has 0 amide bonds. The van der Waals surface area contributed by atoms with Crippen LogP contribution in [0.15, 0.2) is 12.1 Å². The summed E-state index contributed by atoms with van der Waals surface area (Å²) in [6.45, 7) is 1.70. The second kappa shape index (κ2) is 3.09. The van der Waals surface area contributed by atoms with Gasteiger partial charge < -0.3 is 4.98 Å². The third-order valence-corrected chi connectivity index (χ3v) is 1.47. The number of aromatic amines is 1. The van der Waals surface area contributed by atoms with E-state index in [0.29, 0.717) is 10.3 Å². The van der Waals surface area contributed by atoms with Crippen molar-refractivity contribution in [3.8, 4) is 0 Å². The molecule has 1 nitrogen and oxygen atoms in total. The van der Waals surface area contributed by atoms with E-state index in [1.165, 1.54) is 12.1 Å². The molecule has 0 bridgehead atoms. The number of hydrogen-bond donors (Lipinski definition) is 1. The van der Waals surface area contributed by atoms with Crippen LogP contribution in [0.25, 0.3) is 0 Å². The maximum absolute atomic E-state index is 12.1. The van der Waals surface area contributed by atoms with E-state index in [9.17, 15) is 8.78 Å². The number of rotatable bonds is 1. The zero-order chi connectivity index (χ0) is 8.43. The SMILES string of the molecule is Cc1cc(C(F)F)cc(=S)[nH]1. The van der Waals surface area contributed by atoms with Crippen LogP contribution in [0.1, 0.15) is 17.7 Å². The lowest BCUT2D eigenvalue weighted by atomic mass is 10.2. The van der Waals surface area contributed by atoms with Crippen LogP contribution in [0.3, 0.4) is 0 Å². The molecule has 0 saturated carbocycles. The number of alkyl halides is 2. The van der Waals surface area contributed by atoms with E-state index in [2.05, 4.69) is 4.98 Å². The highest BCUT2D eigenvalue weighted by molar-refractivity contribution is 7.71. The summed E-state index contributed by atoms with van der Waals surface area (Å²) in [6, 6.07) is 2.66. The summed E-state index contributed by atoms with van der Waals surface area (Å²) in [6.07, 6.45) is -2.44. The maximum atomic E-state index is 12.1. The number of H-pyrrole nitrogens is 1. The van der Waals surface area contributed by atoms with E-state index in [-0.39, 0.29) is 5.56 Å². The fourth-order valence-corrected chi connectivity index (χ4v) is 1.13. The minimum absolute atomic E-state index is 0.0220. The van der Waals surface area contributed by atoms with Crippen molar-refractivity contribution in [3.63, 3.8) is 0 Å². The number of hydrogen-bond acceptors (Lipinski definition) is 1. The summed E-state index contributed by atoms with van der Waals surface area (Å²) < 4.78 is 24.5. The van der Waals surface area contributed by atoms with Crippen molar-refractivity contribution in [2.75, 3.05) is 0 Å². The van der Waals surface area contributed by atoms with Crippen molar-refractivity contribution >= 4 is 12.2 Å². The van der Waals surface area contributed by atoms with E-state index in [4.69, 9.17) is 12.2 Å². The predicted molar refractivity (Wildman–Crippen MR) is 41.3 cm³/mol. The van der Waals surface area contributed by atoms with Crippen LogP contribution in [-0.4, -0.2) is 4.98 Å². The lowest BCUT2D eigenvalue weighted by molar-refractivity contribution is 0.151. The quantitative estimate of drug-likeness (QED) is 0.649. The molecule has 0 aliphatic carbocycles. The topological polar surface area (TPSA) is 15.8 Å². The van der Waals surface area contributed by atoms with E-state index in [1.807, 2.05) is 0 Å². The second-order valence-electron chi connectivity index (χ2n) is 2.26.